The van der Waals surface area contributed by atoms with Gasteiger partial charge in [-0.25, -0.2) is 4.39 Å². The number of halogens is 2. The van der Waals surface area contributed by atoms with Gasteiger partial charge in [0.2, 0.25) is 0 Å². The second kappa shape index (κ2) is 6.53. The number of benzene rings is 2. The van der Waals surface area contributed by atoms with E-state index in [2.05, 4.69) is 12.6 Å². The number of hydrogen-bond donors (Lipinski definition) is 0. The number of ether oxygens (including phenoxy) is 1. The van der Waals surface area contributed by atoms with Crippen molar-refractivity contribution in [3.05, 3.63) is 77.6 Å². The molecule has 22 heavy (non-hydrogen) atoms. The third-order valence-corrected chi connectivity index (χ3v) is 4.37. The molecule has 0 bridgehead atoms. The SMILES string of the molecule is C=CCOc1c(F)cccc1C(Cl)c1ccccc1C1CC1. The summed E-state index contributed by atoms with van der Waals surface area (Å²) in [5.41, 5.74) is 2.97. The summed E-state index contributed by atoms with van der Waals surface area (Å²) in [5, 5.41) is -0.424. The number of rotatable bonds is 6. The average Bonchev–Trinajstić information content (AvgIpc) is 3.38. The summed E-state index contributed by atoms with van der Waals surface area (Å²) in [4.78, 5) is 0. The topological polar surface area (TPSA) is 9.23 Å². The normalized spacial score (nSPS) is 15.4. The van der Waals surface area contributed by atoms with Crippen LogP contribution in [0, 0.1) is 5.82 Å². The first-order valence-corrected chi connectivity index (χ1v) is 7.91. The lowest BCUT2D eigenvalue weighted by Gasteiger charge is -2.18. The Morgan fingerprint density at radius 2 is 1.91 bits per heavy atom. The molecule has 1 saturated carbocycles. The highest BCUT2D eigenvalue weighted by Crippen LogP contribution is 2.46. The quantitative estimate of drug-likeness (QED) is 0.498. The monoisotopic (exact) mass is 316 g/mol. The Morgan fingerprint density at radius 1 is 1.18 bits per heavy atom. The maximum atomic E-state index is 14.1. The van der Waals surface area contributed by atoms with Gasteiger partial charge in [0.15, 0.2) is 11.6 Å². The largest absolute Gasteiger partial charge is 0.486 e. The van der Waals surface area contributed by atoms with E-state index in [0.717, 1.165) is 5.56 Å². The van der Waals surface area contributed by atoms with Crippen LogP contribution in [0.4, 0.5) is 4.39 Å². The van der Waals surface area contributed by atoms with Crippen LogP contribution < -0.4 is 4.74 Å². The molecule has 2 aromatic rings. The van der Waals surface area contributed by atoms with Crippen molar-refractivity contribution in [2.24, 2.45) is 0 Å². The average molecular weight is 317 g/mol. The lowest BCUT2D eigenvalue weighted by Crippen LogP contribution is -2.04. The van der Waals surface area contributed by atoms with Crippen molar-refractivity contribution in [3.63, 3.8) is 0 Å². The van der Waals surface area contributed by atoms with Gasteiger partial charge in [-0.05, 0) is 36.0 Å². The zero-order valence-electron chi connectivity index (χ0n) is 12.3. The summed E-state index contributed by atoms with van der Waals surface area (Å²) in [6, 6.07) is 13.0. The van der Waals surface area contributed by atoms with Gasteiger partial charge in [-0.2, -0.15) is 0 Å². The summed E-state index contributed by atoms with van der Waals surface area (Å²) in [6.45, 7) is 3.86. The predicted octanol–water partition coefficient (Wildman–Crippen LogP) is 5.60. The van der Waals surface area contributed by atoms with E-state index in [1.807, 2.05) is 24.3 Å². The van der Waals surface area contributed by atoms with Gasteiger partial charge in [-0.15, -0.1) is 11.6 Å². The fraction of sp³-hybridized carbons (Fsp3) is 0.263. The Kier molecular flexibility index (Phi) is 4.49. The molecule has 114 valence electrons. The predicted molar refractivity (Wildman–Crippen MR) is 88.2 cm³/mol. The van der Waals surface area contributed by atoms with Gasteiger partial charge in [0.25, 0.3) is 0 Å². The third kappa shape index (κ3) is 3.02. The Balaban J connectivity index is 2.00. The summed E-state index contributed by atoms with van der Waals surface area (Å²) >= 11 is 6.69. The molecule has 1 aliphatic carbocycles. The Bertz CT molecular complexity index is 679. The first-order valence-electron chi connectivity index (χ1n) is 7.47. The first-order chi connectivity index (χ1) is 10.7. The van der Waals surface area contributed by atoms with Crippen LogP contribution in [-0.4, -0.2) is 6.61 Å². The number of hydrogen-bond acceptors (Lipinski definition) is 1. The molecule has 0 amide bonds. The van der Waals surface area contributed by atoms with Crippen LogP contribution in [0.1, 0.15) is 40.8 Å². The second-order valence-corrected chi connectivity index (χ2v) is 5.96. The van der Waals surface area contributed by atoms with Gasteiger partial charge in [0.1, 0.15) is 6.61 Å². The van der Waals surface area contributed by atoms with Crippen molar-refractivity contribution in [2.75, 3.05) is 6.61 Å². The van der Waals surface area contributed by atoms with Crippen molar-refractivity contribution in [1.29, 1.82) is 0 Å². The van der Waals surface area contributed by atoms with E-state index in [9.17, 15) is 4.39 Å². The van der Waals surface area contributed by atoms with Crippen LogP contribution in [0.5, 0.6) is 5.75 Å². The Morgan fingerprint density at radius 3 is 2.64 bits per heavy atom. The van der Waals surface area contributed by atoms with Crippen LogP contribution in [0.3, 0.4) is 0 Å². The molecular formula is C19H18ClFO. The van der Waals surface area contributed by atoms with Crippen molar-refractivity contribution < 1.29 is 9.13 Å². The molecule has 0 N–H and O–H groups in total. The zero-order valence-corrected chi connectivity index (χ0v) is 13.0. The molecule has 1 aliphatic rings. The molecule has 0 saturated heterocycles. The lowest BCUT2D eigenvalue weighted by atomic mass is 9.96. The summed E-state index contributed by atoms with van der Waals surface area (Å²) in [7, 11) is 0. The van der Waals surface area contributed by atoms with Gasteiger partial charge in [-0.1, -0.05) is 49.1 Å². The molecule has 0 radical (unpaired) electrons. The van der Waals surface area contributed by atoms with Crippen molar-refractivity contribution in [2.45, 2.75) is 24.1 Å². The molecule has 1 fully saturated rings. The first kappa shape index (κ1) is 15.1. The molecular weight excluding hydrogens is 299 g/mol. The zero-order chi connectivity index (χ0) is 15.5. The lowest BCUT2D eigenvalue weighted by molar-refractivity contribution is 0.338. The van der Waals surface area contributed by atoms with Crippen LogP contribution in [0.25, 0.3) is 0 Å². The molecule has 3 heteroatoms. The minimum Gasteiger partial charge on any atom is -0.486 e. The van der Waals surface area contributed by atoms with E-state index in [4.69, 9.17) is 16.3 Å². The van der Waals surface area contributed by atoms with E-state index in [0.29, 0.717) is 11.5 Å². The summed E-state index contributed by atoms with van der Waals surface area (Å²) in [5.74, 6) is 0.408. The van der Waals surface area contributed by atoms with Gasteiger partial charge < -0.3 is 4.74 Å². The van der Waals surface area contributed by atoms with Gasteiger partial charge in [0.05, 0.1) is 5.38 Å². The molecule has 1 unspecified atom stereocenters. The van der Waals surface area contributed by atoms with E-state index in [1.165, 1.54) is 24.5 Å². The van der Waals surface area contributed by atoms with E-state index >= 15 is 0 Å². The summed E-state index contributed by atoms with van der Waals surface area (Å²) < 4.78 is 19.6. The highest BCUT2D eigenvalue weighted by atomic mass is 35.5. The second-order valence-electron chi connectivity index (χ2n) is 5.52. The van der Waals surface area contributed by atoms with Crippen LogP contribution in [0.15, 0.2) is 55.1 Å². The molecule has 0 spiro atoms. The van der Waals surface area contributed by atoms with Crippen molar-refractivity contribution >= 4 is 11.6 Å². The van der Waals surface area contributed by atoms with Gasteiger partial charge in [-0.3, -0.25) is 0 Å². The van der Waals surface area contributed by atoms with Crippen molar-refractivity contribution in [1.82, 2.24) is 0 Å². The highest BCUT2D eigenvalue weighted by Gasteiger charge is 2.29. The third-order valence-electron chi connectivity index (χ3n) is 3.90. The molecule has 3 rings (SSSR count). The van der Waals surface area contributed by atoms with Crippen LogP contribution in [0.2, 0.25) is 0 Å². The van der Waals surface area contributed by atoms with Crippen LogP contribution >= 0.6 is 11.6 Å². The number of alkyl halides is 1. The molecule has 0 heterocycles. The fourth-order valence-corrected chi connectivity index (χ4v) is 3.07. The molecule has 1 atom stereocenters. The standard InChI is InChI=1S/C19H18ClFO/c1-2-12-22-19-16(8-5-9-17(19)21)18(20)15-7-4-3-6-14(15)13-10-11-13/h2-9,13,18H,1,10-12H2. The van der Waals surface area contributed by atoms with Gasteiger partial charge >= 0.3 is 0 Å². The van der Waals surface area contributed by atoms with E-state index in [-0.39, 0.29) is 12.4 Å². The minimum atomic E-state index is -0.424. The highest BCUT2D eigenvalue weighted by molar-refractivity contribution is 6.23. The summed E-state index contributed by atoms with van der Waals surface area (Å²) in [6.07, 6.45) is 3.99. The molecule has 0 aliphatic heterocycles. The molecule has 0 aromatic heterocycles. The van der Waals surface area contributed by atoms with E-state index < -0.39 is 11.2 Å². The van der Waals surface area contributed by atoms with E-state index in [1.54, 1.807) is 12.1 Å². The minimum absolute atomic E-state index is 0.216. The van der Waals surface area contributed by atoms with Crippen molar-refractivity contribution in [3.8, 4) is 5.75 Å². The fourth-order valence-electron chi connectivity index (χ4n) is 2.69. The molecule has 1 nitrogen and oxygen atoms in total. The van der Waals surface area contributed by atoms with Crippen LogP contribution in [-0.2, 0) is 0 Å². The maximum Gasteiger partial charge on any atom is 0.165 e. The smallest absolute Gasteiger partial charge is 0.165 e. The molecule has 2 aromatic carbocycles. The Labute approximate surface area is 135 Å². The Hall–Kier alpha value is -1.80. The van der Waals surface area contributed by atoms with Gasteiger partial charge in [0, 0.05) is 5.56 Å². The number of para-hydroxylation sites is 1. The maximum absolute atomic E-state index is 14.1.